The van der Waals surface area contributed by atoms with Gasteiger partial charge in [-0.15, -0.1) is 0 Å². The fourth-order valence-corrected chi connectivity index (χ4v) is 4.76. The molecule has 0 aliphatic rings. The van der Waals surface area contributed by atoms with Crippen LogP contribution >= 0.6 is 23.2 Å². The van der Waals surface area contributed by atoms with Gasteiger partial charge >= 0.3 is 6.18 Å². The lowest BCUT2D eigenvalue weighted by Crippen LogP contribution is -2.38. The zero-order valence-corrected chi connectivity index (χ0v) is 20.3. The minimum Gasteiger partial charge on any atom is -0.323 e. The van der Waals surface area contributed by atoms with E-state index in [0.717, 1.165) is 22.0 Å². The first-order chi connectivity index (χ1) is 15.8. The number of halogens is 5. The second kappa shape index (κ2) is 9.85. The highest BCUT2D eigenvalue weighted by molar-refractivity contribution is 7.92. The van der Waals surface area contributed by atoms with Gasteiger partial charge in [0.05, 0.1) is 26.9 Å². The fourth-order valence-electron chi connectivity index (χ4n) is 3.01. The van der Waals surface area contributed by atoms with E-state index in [2.05, 4.69) is 5.32 Å². The van der Waals surface area contributed by atoms with Crippen molar-refractivity contribution < 1.29 is 26.4 Å². The molecule has 0 unspecified atom stereocenters. The highest BCUT2D eigenvalue weighted by atomic mass is 35.5. The lowest BCUT2D eigenvalue weighted by molar-refractivity contribution is -0.137. The molecule has 34 heavy (non-hydrogen) atoms. The molecular weight excluding hydrogens is 512 g/mol. The molecule has 0 aliphatic carbocycles. The summed E-state index contributed by atoms with van der Waals surface area (Å²) in [5.41, 5.74) is 0.332. The Balaban J connectivity index is 1.98. The molecule has 3 aromatic carbocycles. The maximum absolute atomic E-state index is 13.4. The van der Waals surface area contributed by atoms with Crippen LogP contribution < -0.4 is 9.62 Å². The number of rotatable bonds is 6. The van der Waals surface area contributed by atoms with Crippen LogP contribution in [0.4, 0.5) is 24.5 Å². The summed E-state index contributed by atoms with van der Waals surface area (Å²) < 4.78 is 66.8. The summed E-state index contributed by atoms with van der Waals surface area (Å²) in [6, 6.07) is 12.9. The van der Waals surface area contributed by atoms with Gasteiger partial charge in [-0.1, -0.05) is 47.0 Å². The quantitative estimate of drug-likeness (QED) is 0.397. The van der Waals surface area contributed by atoms with Crippen molar-refractivity contribution in [1.29, 1.82) is 0 Å². The van der Waals surface area contributed by atoms with Crippen LogP contribution in [0.3, 0.4) is 0 Å². The van der Waals surface area contributed by atoms with E-state index in [9.17, 15) is 26.4 Å². The van der Waals surface area contributed by atoms with Gasteiger partial charge in [0.15, 0.2) is 0 Å². The molecular formula is C23H19Cl2F3N2O3S. The summed E-state index contributed by atoms with van der Waals surface area (Å²) in [6.07, 6.45) is -4.65. The van der Waals surface area contributed by atoms with Gasteiger partial charge < -0.3 is 5.32 Å². The molecule has 0 atom stereocenters. The van der Waals surface area contributed by atoms with Crippen molar-refractivity contribution >= 4 is 50.5 Å². The van der Waals surface area contributed by atoms with Crippen LogP contribution in [0.1, 0.15) is 16.7 Å². The highest BCUT2D eigenvalue weighted by Crippen LogP contribution is 2.34. The number of alkyl halides is 3. The first-order valence-electron chi connectivity index (χ1n) is 9.81. The van der Waals surface area contributed by atoms with Crippen molar-refractivity contribution in [2.24, 2.45) is 0 Å². The zero-order chi connectivity index (χ0) is 25.3. The molecule has 1 N–H and O–H groups in total. The van der Waals surface area contributed by atoms with E-state index >= 15 is 0 Å². The molecule has 0 aromatic heterocycles. The van der Waals surface area contributed by atoms with Gasteiger partial charge in [-0.2, -0.15) is 13.2 Å². The number of amides is 1. The van der Waals surface area contributed by atoms with Crippen LogP contribution in [0.25, 0.3) is 0 Å². The number of nitrogens with zero attached hydrogens (tertiary/aromatic N) is 1. The maximum Gasteiger partial charge on any atom is 0.416 e. The van der Waals surface area contributed by atoms with Crippen molar-refractivity contribution in [3.8, 4) is 0 Å². The summed E-state index contributed by atoms with van der Waals surface area (Å²) in [7, 11) is -4.23. The standard InChI is InChI=1S/C23H19Cl2F3N2O3S/c1-14-3-8-18(9-4-14)34(32,33)30(17-7-5-15(2)20(25)12-17)13-22(31)29-21-11-16(23(26,27)28)6-10-19(21)24/h3-12H,13H2,1-2H3,(H,29,31). The number of benzene rings is 3. The zero-order valence-electron chi connectivity index (χ0n) is 18.0. The third-order valence-corrected chi connectivity index (χ3v) is 7.43. The van der Waals surface area contributed by atoms with E-state index in [0.29, 0.717) is 11.6 Å². The molecule has 5 nitrogen and oxygen atoms in total. The van der Waals surface area contributed by atoms with Crippen molar-refractivity contribution in [2.75, 3.05) is 16.2 Å². The minimum atomic E-state index is -4.65. The Morgan fingerprint density at radius 3 is 2.18 bits per heavy atom. The molecule has 0 saturated heterocycles. The number of hydrogen-bond acceptors (Lipinski definition) is 3. The lowest BCUT2D eigenvalue weighted by Gasteiger charge is -2.25. The van der Waals surface area contributed by atoms with Crippen LogP contribution in [0.5, 0.6) is 0 Å². The van der Waals surface area contributed by atoms with E-state index in [1.54, 1.807) is 32.0 Å². The number of anilines is 2. The Morgan fingerprint density at radius 2 is 1.59 bits per heavy atom. The second-order valence-electron chi connectivity index (χ2n) is 7.50. The third kappa shape index (κ3) is 5.84. The Kier molecular flexibility index (Phi) is 7.50. The smallest absolute Gasteiger partial charge is 0.323 e. The number of nitrogens with one attached hydrogen (secondary N) is 1. The molecule has 0 aliphatic heterocycles. The molecule has 3 aromatic rings. The van der Waals surface area contributed by atoms with Gasteiger partial charge in [-0.05, 0) is 61.9 Å². The van der Waals surface area contributed by atoms with Crippen molar-refractivity contribution in [3.05, 3.63) is 87.4 Å². The molecule has 0 saturated carbocycles. The summed E-state index contributed by atoms with van der Waals surface area (Å²) in [6.45, 7) is 2.79. The number of carbonyl (C=O) groups excluding carboxylic acids is 1. The lowest BCUT2D eigenvalue weighted by atomic mass is 10.2. The van der Waals surface area contributed by atoms with E-state index in [4.69, 9.17) is 23.2 Å². The first-order valence-corrected chi connectivity index (χ1v) is 12.0. The van der Waals surface area contributed by atoms with Gasteiger partial charge in [0.2, 0.25) is 5.91 Å². The van der Waals surface area contributed by atoms with Gasteiger partial charge in [0, 0.05) is 5.02 Å². The molecule has 0 radical (unpaired) electrons. The molecule has 0 spiro atoms. The average molecular weight is 531 g/mol. The fraction of sp³-hybridized carbons (Fsp3) is 0.174. The van der Waals surface area contributed by atoms with Crippen LogP contribution in [-0.2, 0) is 21.0 Å². The summed E-state index contributed by atoms with van der Waals surface area (Å²) >= 11 is 12.1. The monoisotopic (exact) mass is 530 g/mol. The molecule has 3 rings (SSSR count). The molecule has 1 amide bonds. The van der Waals surface area contributed by atoms with Crippen LogP contribution in [-0.4, -0.2) is 20.9 Å². The van der Waals surface area contributed by atoms with Gasteiger partial charge in [-0.3, -0.25) is 9.10 Å². The number of hydrogen-bond donors (Lipinski definition) is 1. The maximum atomic E-state index is 13.4. The van der Waals surface area contributed by atoms with E-state index in [-0.39, 0.29) is 26.3 Å². The predicted octanol–water partition coefficient (Wildman–Crippen LogP) is 6.46. The van der Waals surface area contributed by atoms with Crippen molar-refractivity contribution in [3.63, 3.8) is 0 Å². The summed E-state index contributed by atoms with van der Waals surface area (Å²) in [4.78, 5) is 12.7. The first kappa shape index (κ1) is 25.9. The average Bonchev–Trinajstić information content (AvgIpc) is 2.75. The topological polar surface area (TPSA) is 66.5 Å². The third-order valence-electron chi connectivity index (χ3n) is 4.91. The van der Waals surface area contributed by atoms with Gasteiger partial charge in [0.25, 0.3) is 10.0 Å². The van der Waals surface area contributed by atoms with E-state index in [1.165, 1.54) is 24.3 Å². The molecule has 180 valence electrons. The van der Waals surface area contributed by atoms with Crippen molar-refractivity contribution in [2.45, 2.75) is 24.9 Å². The van der Waals surface area contributed by atoms with Gasteiger partial charge in [0.1, 0.15) is 6.54 Å². The Hall–Kier alpha value is -2.75. The molecule has 0 heterocycles. The van der Waals surface area contributed by atoms with Crippen LogP contribution in [0.2, 0.25) is 10.0 Å². The minimum absolute atomic E-state index is 0.0697. The highest BCUT2D eigenvalue weighted by Gasteiger charge is 2.32. The second-order valence-corrected chi connectivity index (χ2v) is 10.2. The predicted molar refractivity (Wildman–Crippen MR) is 127 cm³/mol. The number of carbonyl (C=O) groups is 1. The van der Waals surface area contributed by atoms with Crippen LogP contribution in [0, 0.1) is 13.8 Å². The van der Waals surface area contributed by atoms with E-state index in [1.807, 2.05) is 0 Å². The summed E-state index contributed by atoms with van der Waals surface area (Å²) in [5.74, 6) is -0.895. The van der Waals surface area contributed by atoms with Crippen LogP contribution in [0.15, 0.2) is 65.6 Å². The molecule has 0 bridgehead atoms. The Morgan fingerprint density at radius 1 is 0.941 bits per heavy atom. The number of aryl methyl sites for hydroxylation is 2. The number of sulfonamides is 1. The SMILES string of the molecule is Cc1ccc(S(=O)(=O)N(CC(=O)Nc2cc(C(F)(F)F)ccc2Cl)c2ccc(C)c(Cl)c2)cc1. The van der Waals surface area contributed by atoms with E-state index < -0.39 is 34.2 Å². The van der Waals surface area contributed by atoms with Gasteiger partial charge in [-0.25, -0.2) is 8.42 Å². The molecule has 11 heteroatoms. The summed E-state index contributed by atoms with van der Waals surface area (Å²) in [5, 5.41) is 2.42. The Bertz CT molecular complexity index is 1330. The Labute approximate surface area is 205 Å². The normalized spacial score (nSPS) is 11.9. The largest absolute Gasteiger partial charge is 0.416 e. The molecule has 0 fully saturated rings. The van der Waals surface area contributed by atoms with Crippen molar-refractivity contribution in [1.82, 2.24) is 0 Å².